The lowest BCUT2D eigenvalue weighted by molar-refractivity contribution is -0.0278. The molecule has 0 spiro atoms. The highest BCUT2D eigenvalue weighted by Crippen LogP contribution is 2.33. The van der Waals surface area contributed by atoms with Gasteiger partial charge in [0.2, 0.25) is 0 Å². The van der Waals surface area contributed by atoms with Crippen molar-refractivity contribution in [3.63, 3.8) is 0 Å². The molecular formula is C17H31N3O. The van der Waals surface area contributed by atoms with E-state index in [9.17, 15) is 5.11 Å². The summed E-state index contributed by atoms with van der Waals surface area (Å²) < 4.78 is 1.93. The maximum Gasteiger partial charge on any atom is 0.0778 e. The lowest BCUT2D eigenvalue weighted by Crippen LogP contribution is -2.55. The summed E-state index contributed by atoms with van der Waals surface area (Å²) in [7, 11) is 1.98. The van der Waals surface area contributed by atoms with Crippen molar-refractivity contribution >= 4 is 0 Å². The average molecular weight is 293 g/mol. The third-order valence-corrected chi connectivity index (χ3v) is 5.37. The van der Waals surface area contributed by atoms with Gasteiger partial charge in [-0.2, -0.15) is 5.10 Å². The lowest BCUT2D eigenvalue weighted by Gasteiger charge is -2.44. The molecule has 1 aromatic rings. The zero-order chi connectivity index (χ0) is 15.5. The molecule has 120 valence electrons. The van der Waals surface area contributed by atoms with Crippen molar-refractivity contribution in [1.29, 1.82) is 0 Å². The first kappa shape index (κ1) is 16.5. The summed E-state index contributed by atoms with van der Waals surface area (Å²) in [5, 5.41) is 15.5. The highest BCUT2D eigenvalue weighted by atomic mass is 16.3. The number of aryl methyl sites for hydroxylation is 2. The first-order chi connectivity index (χ1) is 10.1. The van der Waals surface area contributed by atoms with Crippen molar-refractivity contribution in [3.05, 3.63) is 17.5 Å². The van der Waals surface area contributed by atoms with Crippen LogP contribution in [-0.2, 0) is 19.9 Å². The summed E-state index contributed by atoms with van der Waals surface area (Å²) in [6, 6.07) is 2.14. The Morgan fingerprint density at radius 1 is 1.24 bits per heavy atom. The monoisotopic (exact) mass is 293 g/mol. The summed E-state index contributed by atoms with van der Waals surface area (Å²) in [5.74, 6) is 0. The van der Waals surface area contributed by atoms with E-state index in [0.29, 0.717) is 6.42 Å². The largest absolute Gasteiger partial charge is 0.391 e. The minimum atomic E-state index is -0.328. The minimum Gasteiger partial charge on any atom is -0.391 e. The van der Waals surface area contributed by atoms with Crippen LogP contribution in [0.15, 0.2) is 6.07 Å². The summed E-state index contributed by atoms with van der Waals surface area (Å²) in [6.45, 7) is 8.81. The van der Waals surface area contributed by atoms with Crippen LogP contribution in [0.1, 0.15) is 57.8 Å². The fourth-order valence-corrected chi connectivity index (χ4v) is 3.87. The van der Waals surface area contributed by atoms with E-state index in [1.165, 1.54) is 12.8 Å². The molecule has 0 bridgehead atoms. The fourth-order valence-electron chi connectivity index (χ4n) is 3.87. The Balaban J connectivity index is 2.17. The van der Waals surface area contributed by atoms with Crippen molar-refractivity contribution in [2.45, 2.75) is 70.9 Å². The van der Waals surface area contributed by atoms with Crippen molar-refractivity contribution in [2.75, 3.05) is 13.1 Å². The van der Waals surface area contributed by atoms with E-state index in [0.717, 1.165) is 43.7 Å². The van der Waals surface area contributed by atoms with Gasteiger partial charge in [-0.3, -0.25) is 9.58 Å². The van der Waals surface area contributed by atoms with Crippen LogP contribution in [0, 0.1) is 0 Å². The van der Waals surface area contributed by atoms with Gasteiger partial charge in [0.25, 0.3) is 0 Å². The third-order valence-electron chi connectivity index (χ3n) is 5.37. The Labute approximate surface area is 129 Å². The van der Waals surface area contributed by atoms with Gasteiger partial charge in [0.1, 0.15) is 0 Å². The number of aromatic nitrogens is 2. The molecule has 1 atom stereocenters. The number of nitrogens with zero attached hydrogens (tertiary/aromatic N) is 3. The van der Waals surface area contributed by atoms with Gasteiger partial charge in [0.05, 0.1) is 11.8 Å². The van der Waals surface area contributed by atoms with Gasteiger partial charge in [-0.15, -0.1) is 0 Å². The highest BCUT2D eigenvalue weighted by Gasteiger charge is 2.41. The maximum absolute atomic E-state index is 11.0. The van der Waals surface area contributed by atoms with E-state index >= 15 is 0 Å². The van der Waals surface area contributed by atoms with Gasteiger partial charge < -0.3 is 5.11 Å². The predicted octanol–water partition coefficient (Wildman–Crippen LogP) is 2.54. The Morgan fingerprint density at radius 3 is 2.33 bits per heavy atom. The number of rotatable bonds is 7. The number of aliphatic hydroxyl groups excluding tert-OH is 1. The molecule has 1 aliphatic rings. The SMILES string of the molecule is CCc1cc(CC(O)C(CC)(CC)N2CCCC2)n(C)n1. The summed E-state index contributed by atoms with van der Waals surface area (Å²) in [6.07, 6.45) is 5.85. The molecule has 2 heterocycles. The van der Waals surface area contributed by atoms with Crippen molar-refractivity contribution in [2.24, 2.45) is 7.05 Å². The highest BCUT2D eigenvalue weighted by molar-refractivity contribution is 5.13. The molecule has 0 amide bonds. The van der Waals surface area contributed by atoms with Crippen LogP contribution >= 0.6 is 0 Å². The minimum absolute atomic E-state index is 0.0762. The van der Waals surface area contributed by atoms with Crippen LogP contribution in [0.3, 0.4) is 0 Å². The molecule has 0 saturated carbocycles. The number of hydrogen-bond donors (Lipinski definition) is 1. The first-order valence-corrected chi connectivity index (χ1v) is 8.52. The zero-order valence-corrected chi connectivity index (χ0v) is 14.1. The number of aliphatic hydroxyl groups is 1. The molecule has 1 aromatic heterocycles. The summed E-state index contributed by atoms with van der Waals surface area (Å²) in [4.78, 5) is 2.52. The average Bonchev–Trinajstić information content (AvgIpc) is 3.12. The van der Waals surface area contributed by atoms with Crippen molar-refractivity contribution in [3.8, 4) is 0 Å². The molecule has 1 unspecified atom stereocenters. The number of hydrogen-bond acceptors (Lipinski definition) is 3. The standard InChI is InChI=1S/C17H31N3O/c1-5-14-12-15(19(4)18-14)13-16(21)17(6-2,7-3)20-10-8-9-11-20/h12,16,21H,5-11,13H2,1-4H3. The van der Waals surface area contributed by atoms with Crippen LogP contribution in [0.5, 0.6) is 0 Å². The number of likely N-dealkylation sites (tertiary alicyclic amines) is 1. The predicted molar refractivity (Wildman–Crippen MR) is 86.4 cm³/mol. The summed E-state index contributed by atoms with van der Waals surface area (Å²) >= 11 is 0. The van der Waals surface area contributed by atoms with Gasteiger partial charge in [-0.25, -0.2) is 0 Å². The van der Waals surface area contributed by atoms with Crippen LogP contribution in [0.2, 0.25) is 0 Å². The molecular weight excluding hydrogens is 262 g/mol. The van der Waals surface area contributed by atoms with Gasteiger partial charge in [-0.05, 0) is 51.3 Å². The van der Waals surface area contributed by atoms with Gasteiger partial charge in [-0.1, -0.05) is 20.8 Å². The molecule has 0 aromatic carbocycles. The van der Waals surface area contributed by atoms with E-state index in [-0.39, 0.29) is 11.6 Å². The molecule has 4 heteroatoms. The van der Waals surface area contributed by atoms with Crippen LogP contribution < -0.4 is 0 Å². The quantitative estimate of drug-likeness (QED) is 0.840. The second kappa shape index (κ2) is 6.93. The van der Waals surface area contributed by atoms with Crippen LogP contribution in [0.25, 0.3) is 0 Å². The molecule has 0 aliphatic carbocycles. The molecule has 1 N–H and O–H groups in total. The normalized spacial score (nSPS) is 18.3. The third kappa shape index (κ3) is 3.16. The molecule has 1 saturated heterocycles. The van der Waals surface area contributed by atoms with Gasteiger partial charge in [0.15, 0.2) is 0 Å². The van der Waals surface area contributed by atoms with Gasteiger partial charge in [0, 0.05) is 24.7 Å². The fraction of sp³-hybridized carbons (Fsp3) is 0.824. The Morgan fingerprint density at radius 2 is 1.86 bits per heavy atom. The molecule has 1 aliphatic heterocycles. The van der Waals surface area contributed by atoms with Crippen molar-refractivity contribution < 1.29 is 5.11 Å². The van der Waals surface area contributed by atoms with E-state index in [1.54, 1.807) is 0 Å². The second-order valence-electron chi connectivity index (χ2n) is 6.33. The topological polar surface area (TPSA) is 41.3 Å². The maximum atomic E-state index is 11.0. The van der Waals surface area contributed by atoms with E-state index < -0.39 is 0 Å². The lowest BCUT2D eigenvalue weighted by atomic mass is 9.82. The Hall–Kier alpha value is -0.870. The Bertz CT molecular complexity index is 445. The van der Waals surface area contributed by atoms with Gasteiger partial charge >= 0.3 is 0 Å². The summed E-state index contributed by atoms with van der Waals surface area (Å²) in [5.41, 5.74) is 2.18. The van der Waals surface area contributed by atoms with Crippen LogP contribution in [-0.4, -0.2) is 44.5 Å². The van der Waals surface area contributed by atoms with E-state index in [4.69, 9.17) is 0 Å². The Kier molecular flexibility index (Phi) is 5.44. The molecule has 1 fully saturated rings. The van der Waals surface area contributed by atoms with E-state index in [1.807, 2.05) is 11.7 Å². The molecule has 0 radical (unpaired) electrons. The first-order valence-electron chi connectivity index (χ1n) is 8.52. The van der Waals surface area contributed by atoms with Crippen LogP contribution in [0.4, 0.5) is 0 Å². The molecule has 2 rings (SSSR count). The van der Waals surface area contributed by atoms with E-state index in [2.05, 4.69) is 36.8 Å². The molecule has 21 heavy (non-hydrogen) atoms. The second-order valence-corrected chi connectivity index (χ2v) is 6.33. The smallest absolute Gasteiger partial charge is 0.0778 e. The van der Waals surface area contributed by atoms with Crippen molar-refractivity contribution in [1.82, 2.24) is 14.7 Å². The zero-order valence-electron chi connectivity index (χ0n) is 14.1. The molecule has 4 nitrogen and oxygen atoms in total.